The number of aryl methyl sites for hydroxylation is 2. The van der Waals surface area contributed by atoms with Crippen molar-refractivity contribution in [2.45, 2.75) is 50.0 Å². The lowest BCUT2D eigenvalue weighted by Gasteiger charge is -2.27. The highest BCUT2D eigenvalue weighted by Crippen LogP contribution is 2.37. The minimum atomic E-state index is -0.776. The van der Waals surface area contributed by atoms with E-state index < -0.39 is 5.54 Å². The maximum absolute atomic E-state index is 11.6. The fraction of sp³-hybridized carbons (Fsp3) is 0.562. The summed E-state index contributed by atoms with van der Waals surface area (Å²) in [6.45, 7) is 4.24. The molecule has 4 heteroatoms. The molecule has 1 fully saturated rings. The van der Waals surface area contributed by atoms with Crippen LogP contribution < -0.4 is 11.5 Å². The number of thioether (sulfide) groups is 1. The molecular weight excluding hydrogens is 268 g/mol. The van der Waals surface area contributed by atoms with Gasteiger partial charge in [0.1, 0.15) is 0 Å². The molecule has 0 heterocycles. The Morgan fingerprint density at radius 2 is 2.20 bits per heavy atom. The second kappa shape index (κ2) is 6.19. The molecule has 0 saturated heterocycles. The molecule has 2 rings (SSSR count). The average Bonchev–Trinajstić information content (AvgIpc) is 2.77. The summed E-state index contributed by atoms with van der Waals surface area (Å²) in [5.74, 6) is 0.885. The minimum Gasteiger partial charge on any atom is -0.368 e. The zero-order valence-corrected chi connectivity index (χ0v) is 13.1. The lowest BCUT2D eigenvalue weighted by Crippen LogP contribution is -2.54. The van der Waals surface area contributed by atoms with E-state index in [0.29, 0.717) is 0 Å². The second-order valence-corrected chi connectivity index (χ2v) is 7.04. The van der Waals surface area contributed by atoms with Gasteiger partial charge in [-0.1, -0.05) is 24.1 Å². The first-order valence-corrected chi connectivity index (χ1v) is 8.21. The van der Waals surface area contributed by atoms with Gasteiger partial charge in [-0.25, -0.2) is 0 Å². The first-order chi connectivity index (χ1) is 9.43. The maximum Gasteiger partial charge on any atom is 0.237 e. The van der Waals surface area contributed by atoms with Crippen molar-refractivity contribution >= 4 is 17.7 Å². The Bertz CT molecular complexity index is 503. The molecule has 0 aromatic heterocycles. The van der Waals surface area contributed by atoms with Crippen LogP contribution in [0.3, 0.4) is 0 Å². The van der Waals surface area contributed by atoms with E-state index in [1.807, 2.05) is 11.8 Å². The van der Waals surface area contributed by atoms with E-state index in [0.717, 1.165) is 31.4 Å². The molecule has 1 aromatic carbocycles. The van der Waals surface area contributed by atoms with Gasteiger partial charge in [0.2, 0.25) is 5.91 Å². The van der Waals surface area contributed by atoms with Crippen molar-refractivity contribution in [1.29, 1.82) is 0 Å². The van der Waals surface area contributed by atoms with Crippen LogP contribution in [0, 0.1) is 19.8 Å². The number of primary amides is 1. The molecule has 1 aliphatic carbocycles. The van der Waals surface area contributed by atoms with Crippen LogP contribution in [0.15, 0.2) is 23.1 Å². The van der Waals surface area contributed by atoms with Crippen LogP contribution >= 0.6 is 11.8 Å². The molecule has 20 heavy (non-hydrogen) atoms. The Morgan fingerprint density at radius 1 is 1.45 bits per heavy atom. The summed E-state index contributed by atoms with van der Waals surface area (Å²) in [5.41, 5.74) is 13.5. The van der Waals surface area contributed by atoms with Gasteiger partial charge < -0.3 is 11.5 Å². The standard InChI is InChI=1S/C16H24N2OS/c1-11-5-6-12(2)14(10-11)20-9-7-13-4-3-8-16(13,18)15(17)19/h5-6,10,13H,3-4,7-9,18H2,1-2H3,(H2,17,19). The van der Waals surface area contributed by atoms with E-state index in [9.17, 15) is 4.79 Å². The number of amides is 1. The summed E-state index contributed by atoms with van der Waals surface area (Å²) in [6.07, 6.45) is 3.73. The molecule has 0 spiro atoms. The zero-order chi connectivity index (χ0) is 14.8. The van der Waals surface area contributed by atoms with Crippen LogP contribution in [0.25, 0.3) is 0 Å². The molecule has 2 unspecified atom stereocenters. The van der Waals surface area contributed by atoms with Crippen molar-refractivity contribution < 1.29 is 4.79 Å². The van der Waals surface area contributed by atoms with Crippen LogP contribution in [-0.4, -0.2) is 17.2 Å². The molecule has 2 atom stereocenters. The molecular formula is C16H24N2OS. The fourth-order valence-electron chi connectivity index (χ4n) is 3.00. The number of hydrogen-bond donors (Lipinski definition) is 2. The normalized spacial score (nSPS) is 25.9. The molecule has 1 saturated carbocycles. The maximum atomic E-state index is 11.6. The first kappa shape index (κ1) is 15.4. The zero-order valence-electron chi connectivity index (χ0n) is 12.3. The Morgan fingerprint density at radius 3 is 2.90 bits per heavy atom. The molecule has 3 nitrogen and oxygen atoms in total. The van der Waals surface area contributed by atoms with Gasteiger partial charge >= 0.3 is 0 Å². The fourth-order valence-corrected chi connectivity index (χ4v) is 4.19. The highest BCUT2D eigenvalue weighted by atomic mass is 32.2. The summed E-state index contributed by atoms with van der Waals surface area (Å²) in [4.78, 5) is 12.9. The molecule has 1 amide bonds. The van der Waals surface area contributed by atoms with E-state index in [2.05, 4.69) is 32.0 Å². The highest BCUT2D eigenvalue weighted by Gasteiger charge is 2.43. The van der Waals surface area contributed by atoms with Crippen LogP contribution in [0.5, 0.6) is 0 Å². The van der Waals surface area contributed by atoms with Crippen LogP contribution in [0.1, 0.15) is 36.8 Å². The Balaban J connectivity index is 1.93. The second-order valence-electron chi connectivity index (χ2n) is 5.90. The predicted octanol–water partition coefficient (Wildman–Crippen LogP) is 2.77. The lowest BCUT2D eigenvalue weighted by atomic mass is 9.85. The van der Waals surface area contributed by atoms with Gasteiger partial charge in [0.05, 0.1) is 5.54 Å². The number of hydrogen-bond acceptors (Lipinski definition) is 3. The third-order valence-electron chi connectivity index (χ3n) is 4.40. The molecule has 1 aromatic rings. The van der Waals surface area contributed by atoms with Gasteiger partial charge in [-0.05, 0) is 56.4 Å². The van der Waals surface area contributed by atoms with Gasteiger partial charge in [-0.15, -0.1) is 11.8 Å². The number of nitrogens with two attached hydrogens (primary N) is 2. The summed E-state index contributed by atoms with van der Waals surface area (Å²) in [6, 6.07) is 6.51. The van der Waals surface area contributed by atoms with Gasteiger partial charge in [0.15, 0.2) is 0 Å². The largest absolute Gasteiger partial charge is 0.368 e. The average molecular weight is 292 g/mol. The molecule has 0 radical (unpaired) electrons. The van der Waals surface area contributed by atoms with E-state index >= 15 is 0 Å². The van der Waals surface area contributed by atoms with E-state index in [1.165, 1.54) is 16.0 Å². The molecule has 1 aliphatic rings. The first-order valence-electron chi connectivity index (χ1n) is 7.22. The molecule has 0 aliphatic heterocycles. The minimum absolute atomic E-state index is 0.234. The van der Waals surface area contributed by atoms with Gasteiger partial charge in [0, 0.05) is 4.90 Å². The van der Waals surface area contributed by atoms with Crippen molar-refractivity contribution in [3.63, 3.8) is 0 Å². The molecule has 4 N–H and O–H groups in total. The summed E-state index contributed by atoms with van der Waals surface area (Å²) >= 11 is 1.85. The van der Waals surface area contributed by atoms with E-state index in [4.69, 9.17) is 11.5 Å². The number of carbonyl (C=O) groups is 1. The van der Waals surface area contributed by atoms with Crippen molar-refractivity contribution in [2.75, 3.05) is 5.75 Å². The third kappa shape index (κ3) is 3.18. The summed E-state index contributed by atoms with van der Waals surface area (Å²) < 4.78 is 0. The Labute approximate surface area is 125 Å². The van der Waals surface area contributed by atoms with Crippen LogP contribution in [-0.2, 0) is 4.79 Å². The number of benzene rings is 1. The Kier molecular flexibility index (Phi) is 4.76. The summed E-state index contributed by atoms with van der Waals surface area (Å²) in [7, 11) is 0. The smallest absolute Gasteiger partial charge is 0.237 e. The quantitative estimate of drug-likeness (QED) is 0.820. The highest BCUT2D eigenvalue weighted by molar-refractivity contribution is 7.99. The predicted molar refractivity (Wildman–Crippen MR) is 84.7 cm³/mol. The van der Waals surface area contributed by atoms with Crippen molar-refractivity contribution in [3.05, 3.63) is 29.3 Å². The van der Waals surface area contributed by atoms with Crippen molar-refractivity contribution in [3.8, 4) is 0 Å². The van der Waals surface area contributed by atoms with Gasteiger partial charge in [-0.2, -0.15) is 0 Å². The van der Waals surface area contributed by atoms with E-state index in [1.54, 1.807) is 0 Å². The van der Waals surface area contributed by atoms with Crippen LogP contribution in [0.4, 0.5) is 0 Å². The van der Waals surface area contributed by atoms with Gasteiger partial charge in [-0.3, -0.25) is 4.79 Å². The van der Waals surface area contributed by atoms with Crippen molar-refractivity contribution in [1.82, 2.24) is 0 Å². The molecule has 0 bridgehead atoms. The van der Waals surface area contributed by atoms with E-state index in [-0.39, 0.29) is 11.8 Å². The third-order valence-corrected chi connectivity index (χ3v) is 5.59. The van der Waals surface area contributed by atoms with Crippen LogP contribution in [0.2, 0.25) is 0 Å². The molecule has 110 valence electrons. The monoisotopic (exact) mass is 292 g/mol. The summed E-state index contributed by atoms with van der Waals surface area (Å²) in [5, 5.41) is 0. The number of carbonyl (C=O) groups excluding carboxylic acids is 1. The van der Waals surface area contributed by atoms with Crippen molar-refractivity contribution in [2.24, 2.45) is 17.4 Å². The Hall–Kier alpha value is -1.00. The topological polar surface area (TPSA) is 69.1 Å². The number of rotatable bonds is 5. The van der Waals surface area contributed by atoms with Gasteiger partial charge in [0.25, 0.3) is 0 Å². The lowest BCUT2D eigenvalue weighted by molar-refractivity contribution is -0.124. The SMILES string of the molecule is Cc1ccc(C)c(SCCC2CCCC2(N)C(N)=O)c1.